The van der Waals surface area contributed by atoms with Crippen molar-refractivity contribution in [1.29, 1.82) is 0 Å². The maximum absolute atomic E-state index is 6.02. The standard InChI is InChI=1S/C12H19NO2S/c1-3-7-15-10-5-4-6-11(12(10)13)16-9-8-14-2/h4-6H,3,7-9,13H2,1-2H3. The molecule has 0 aliphatic carbocycles. The van der Waals surface area contributed by atoms with Gasteiger partial charge in [-0.25, -0.2) is 0 Å². The van der Waals surface area contributed by atoms with Crippen molar-refractivity contribution in [2.75, 3.05) is 31.8 Å². The van der Waals surface area contributed by atoms with Gasteiger partial charge in [-0.05, 0) is 18.6 Å². The molecule has 0 heterocycles. The number of nitrogen functional groups attached to an aromatic ring is 1. The number of benzene rings is 1. The summed E-state index contributed by atoms with van der Waals surface area (Å²) in [6, 6.07) is 5.89. The molecule has 4 heteroatoms. The number of hydrogen-bond acceptors (Lipinski definition) is 4. The topological polar surface area (TPSA) is 44.5 Å². The largest absolute Gasteiger partial charge is 0.491 e. The molecule has 2 N–H and O–H groups in total. The summed E-state index contributed by atoms with van der Waals surface area (Å²) in [5.41, 5.74) is 6.75. The molecular weight excluding hydrogens is 222 g/mol. The molecule has 1 rings (SSSR count). The molecule has 90 valence electrons. The van der Waals surface area contributed by atoms with Gasteiger partial charge in [-0.15, -0.1) is 11.8 Å². The van der Waals surface area contributed by atoms with Gasteiger partial charge in [0, 0.05) is 17.8 Å². The highest BCUT2D eigenvalue weighted by Crippen LogP contribution is 2.32. The van der Waals surface area contributed by atoms with Crippen molar-refractivity contribution in [2.24, 2.45) is 0 Å². The number of nitrogens with two attached hydrogens (primary N) is 1. The first-order chi connectivity index (χ1) is 7.79. The molecule has 3 nitrogen and oxygen atoms in total. The Bertz CT molecular complexity index is 318. The molecule has 0 unspecified atom stereocenters. The lowest BCUT2D eigenvalue weighted by Crippen LogP contribution is -2.00. The van der Waals surface area contributed by atoms with Crippen LogP contribution in [0.15, 0.2) is 23.1 Å². The van der Waals surface area contributed by atoms with Crippen molar-refractivity contribution in [1.82, 2.24) is 0 Å². The van der Waals surface area contributed by atoms with Crippen LogP contribution >= 0.6 is 11.8 Å². The molecule has 0 aliphatic rings. The number of anilines is 1. The summed E-state index contributed by atoms with van der Waals surface area (Å²) in [5.74, 6) is 1.68. The Morgan fingerprint density at radius 2 is 2.12 bits per heavy atom. The van der Waals surface area contributed by atoms with E-state index in [2.05, 4.69) is 6.92 Å². The third-order valence-electron chi connectivity index (χ3n) is 2.03. The molecule has 0 saturated carbocycles. The van der Waals surface area contributed by atoms with E-state index in [-0.39, 0.29) is 0 Å². The number of hydrogen-bond donors (Lipinski definition) is 1. The van der Waals surface area contributed by atoms with E-state index in [4.69, 9.17) is 15.2 Å². The van der Waals surface area contributed by atoms with Gasteiger partial charge in [-0.2, -0.15) is 0 Å². The average Bonchev–Trinajstić information content (AvgIpc) is 2.30. The monoisotopic (exact) mass is 241 g/mol. The van der Waals surface area contributed by atoms with E-state index in [9.17, 15) is 0 Å². The van der Waals surface area contributed by atoms with Crippen LogP contribution in [0, 0.1) is 0 Å². The summed E-state index contributed by atoms with van der Waals surface area (Å²) in [7, 11) is 1.70. The molecular formula is C12H19NO2S. The lowest BCUT2D eigenvalue weighted by Gasteiger charge is -2.11. The predicted octanol–water partition coefficient (Wildman–Crippen LogP) is 2.80. The Hall–Kier alpha value is -0.870. The lowest BCUT2D eigenvalue weighted by molar-refractivity contribution is 0.218. The summed E-state index contributed by atoms with van der Waals surface area (Å²) in [4.78, 5) is 1.06. The van der Waals surface area contributed by atoms with Crippen LogP contribution in [0.25, 0.3) is 0 Å². The smallest absolute Gasteiger partial charge is 0.143 e. The van der Waals surface area contributed by atoms with Gasteiger partial charge in [0.1, 0.15) is 5.75 Å². The van der Waals surface area contributed by atoms with Crippen LogP contribution in [0.3, 0.4) is 0 Å². The maximum Gasteiger partial charge on any atom is 0.143 e. The summed E-state index contributed by atoms with van der Waals surface area (Å²) in [6.07, 6.45) is 0.987. The molecule has 16 heavy (non-hydrogen) atoms. The predicted molar refractivity (Wildman–Crippen MR) is 69.2 cm³/mol. The van der Waals surface area contributed by atoms with Crippen LogP contribution in [0.5, 0.6) is 5.75 Å². The highest BCUT2D eigenvalue weighted by Gasteiger charge is 2.05. The second-order valence-corrected chi connectivity index (χ2v) is 4.49. The summed E-state index contributed by atoms with van der Waals surface area (Å²) >= 11 is 1.69. The zero-order valence-corrected chi connectivity index (χ0v) is 10.7. The average molecular weight is 241 g/mol. The third kappa shape index (κ3) is 3.94. The molecule has 1 aromatic carbocycles. The van der Waals surface area contributed by atoms with E-state index in [0.717, 1.165) is 35.1 Å². The van der Waals surface area contributed by atoms with E-state index in [1.807, 2.05) is 18.2 Å². The molecule has 0 saturated heterocycles. The van der Waals surface area contributed by atoms with Gasteiger partial charge in [-0.3, -0.25) is 0 Å². The van der Waals surface area contributed by atoms with E-state index < -0.39 is 0 Å². The Kier molecular flexibility index (Phi) is 6.11. The zero-order valence-electron chi connectivity index (χ0n) is 9.86. The van der Waals surface area contributed by atoms with Gasteiger partial charge in [0.15, 0.2) is 0 Å². The number of rotatable bonds is 7. The summed E-state index contributed by atoms with van der Waals surface area (Å²) in [6.45, 7) is 3.51. The van der Waals surface area contributed by atoms with E-state index in [1.54, 1.807) is 18.9 Å². The van der Waals surface area contributed by atoms with Gasteiger partial charge in [-0.1, -0.05) is 13.0 Å². The SMILES string of the molecule is CCCOc1cccc(SCCOC)c1N. The molecule has 0 amide bonds. The molecule has 0 fully saturated rings. The second kappa shape index (κ2) is 7.41. The van der Waals surface area contributed by atoms with Gasteiger partial charge >= 0.3 is 0 Å². The minimum absolute atomic E-state index is 0.705. The van der Waals surface area contributed by atoms with Crippen molar-refractivity contribution in [2.45, 2.75) is 18.2 Å². The Labute approximate surface area is 101 Å². The minimum atomic E-state index is 0.705. The second-order valence-electron chi connectivity index (χ2n) is 3.36. The molecule has 0 aromatic heterocycles. The summed E-state index contributed by atoms with van der Waals surface area (Å²) < 4.78 is 10.6. The zero-order chi connectivity index (χ0) is 11.8. The summed E-state index contributed by atoms with van der Waals surface area (Å²) in [5, 5.41) is 0. The van der Waals surface area contributed by atoms with Gasteiger partial charge in [0.2, 0.25) is 0 Å². The number of ether oxygens (including phenoxy) is 2. The van der Waals surface area contributed by atoms with Crippen molar-refractivity contribution >= 4 is 17.4 Å². The molecule has 1 aromatic rings. The highest BCUT2D eigenvalue weighted by molar-refractivity contribution is 7.99. The molecule has 0 radical (unpaired) electrons. The minimum Gasteiger partial charge on any atom is -0.491 e. The first kappa shape index (κ1) is 13.2. The Balaban J connectivity index is 2.62. The fourth-order valence-electron chi connectivity index (χ4n) is 1.22. The fraction of sp³-hybridized carbons (Fsp3) is 0.500. The molecule has 0 bridgehead atoms. The quantitative estimate of drug-likeness (QED) is 0.453. The van der Waals surface area contributed by atoms with Crippen molar-refractivity contribution in [3.8, 4) is 5.75 Å². The van der Waals surface area contributed by atoms with Crippen LogP contribution in [0.2, 0.25) is 0 Å². The van der Waals surface area contributed by atoms with Crippen LogP contribution in [-0.4, -0.2) is 26.1 Å². The molecule has 0 aliphatic heterocycles. The molecule has 0 spiro atoms. The number of para-hydroxylation sites is 1. The number of methoxy groups -OCH3 is 1. The van der Waals surface area contributed by atoms with Crippen molar-refractivity contribution < 1.29 is 9.47 Å². The normalized spacial score (nSPS) is 10.4. The van der Waals surface area contributed by atoms with Gasteiger partial charge in [0.05, 0.1) is 18.9 Å². The first-order valence-electron chi connectivity index (χ1n) is 5.42. The maximum atomic E-state index is 6.02. The van der Waals surface area contributed by atoms with Crippen LogP contribution in [-0.2, 0) is 4.74 Å². The van der Waals surface area contributed by atoms with Crippen LogP contribution < -0.4 is 10.5 Å². The fourth-order valence-corrected chi connectivity index (χ4v) is 2.12. The number of thioether (sulfide) groups is 1. The van der Waals surface area contributed by atoms with Gasteiger partial charge < -0.3 is 15.2 Å². The van der Waals surface area contributed by atoms with E-state index >= 15 is 0 Å². The van der Waals surface area contributed by atoms with Crippen molar-refractivity contribution in [3.63, 3.8) is 0 Å². The Morgan fingerprint density at radius 1 is 1.31 bits per heavy atom. The third-order valence-corrected chi connectivity index (χ3v) is 3.07. The highest BCUT2D eigenvalue weighted by atomic mass is 32.2. The Morgan fingerprint density at radius 3 is 2.81 bits per heavy atom. The van der Waals surface area contributed by atoms with Crippen LogP contribution in [0.4, 0.5) is 5.69 Å². The van der Waals surface area contributed by atoms with Gasteiger partial charge in [0.25, 0.3) is 0 Å². The first-order valence-corrected chi connectivity index (χ1v) is 6.41. The van der Waals surface area contributed by atoms with Crippen LogP contribution in [0.1, 0.15) is 13.3 Å². The van der Waals surface area contributed by atoms with E-state index in [0.29, 0.717) is 6.61 Å². The van der Waals surface area contributed by atoms with Crippen molar-refractivity contribution in [3.05, 3.63) is 18.2 Å². The molecule has 0 atom stereocenters. The van der Waals surface area contributed by atoms with E-state index in [1.165, 1.54) is 0 Å². The lowest BCUT2D eigenvalue weighted by atomic mass is 10.3.